The van der Waals surface area contributed by atoms with Crippen molar-refractivity contribution >= 4 is 27.3 Å². The Balaban J connectivity index is 1.61. The third-order valence-electron chi connectivity index (χ3n) is 4.54. The van der Waals surface area contributed by atoms with Crippen LogP contribution in [-0.4, -0.2) is 35.5 Å². The Bertz CT molecular complexity index is 960. The van der Waals surface area contributed by atoms with Gasteiger partial charge in [0.25, 0.3) is 5.69 Å². The molecule has 0 saturated heterocycles. The van der Waals surface area contributed by atoms with Crippen molar-refractivity contribution in [1.82, 2.24) is 14.7 Å². The normalized spacial score (nSPS) is 19.9. The molecule has 1 fully saturated rings. The minimum Gasteiger partial charge on any atom is -0.460 e. The first-order chi connectivity index (χ1) is 13.2. The van der Waals surface area contributed by atoms with E-state index < -0.39 is 14.9 Å². The molecule has 2 aromatic rings. The van der Waals surface area contributed by atoms with Crippen molar-refractivity contribution in [3.05, 3.63) is 51.3 Å². The average molecular weight is 427 g/mol. The first-order valence-corrected chi connectivity index (χ1v) is 10.5. The molecule has 150 valence electrons. The molecular weight excluding hydrogens is 408 g/mol. The van der Waals surface area contributed by atoms with Gasteiger partial charge in [0.05, 0.1) is 27.2 Å². The number of hydrogen-bond acceptors (Lipinski definition) is 7. The number of aryl methyl sites for hydroxylation is 1. The van der Waals surface area contributed by atoms with Crippen LogP contribution in [0.5, 0.6) is 6.01 Å². The van der Waals surface area contributed by atoms with Crippen LogP contribution in [0.1, 0.15) is 31.2 Å². The van der Waals surface area contributed by atoms with E-state index in [1.54, 1.807) is 6.92 Å². The van der Waals surface area contributed by atoms with Crippen molar-refractivity contribution in [3.8, 4) is 6.01 Å². The van der Waals surface area contributed by atoms with Crippen molar-refractivity contribution in [2.75, 3.05) is 0 Å². The monoisotopic (exact) mass is 426 g/mol. The molecule has 0 aliphatic heterocycles. The highest BCUT2D eigenvalue weighted by atomic mass is 35.5. The Hall–Kier alpha value is -2.30. The van der Waals surface area contributed by atoms with Crippen LogP contribution in [0.25, 0.3) is 0 Å². The summed E-state index contributed by atoms with van der Waals surface area (Å²) >= 11 is 5.74. The van der Waals surface area contributed by atoms with Crippen LogP contribution in [0, 0.1) is 17.0 Å². The highest BCUT2D eigenvalue weighted by Crippen LogP contribution is 2.26. The lowest BCUT2D eigenvalue weighted by atomic mass is 9.94. The fraction of sp³-hybridized carbons (Fsp3) is 0.412. The molecule has 0 atom stereocenters. The molecule has 0 unspecified atom stereocenters. The van der Waals surface area contributed by atoms with Crippen LogP contribution in [0.3, 0.4) is 0 Å². The van der Waals surface area contributed by atoms with E-state index in [1.165, 1.54) is 24.5 Å². The molecule has 1 aliphatic carbocycles. The van der Waals surface area contributed by atoms with Crippen molar-refractivity contribution in [2.24, 2.45) is 0 Å². The van der Waals surface area contributed by atoms with E-state index in [4.69, 9.17) is 16.3 Å². The van der Waals surface area contributed by atoms with E-state index in [0.29, 0.717) is 36.3 Å². The van der Waals surface area contributed by atoms with Crippen LogP contribution in [0.4, 0.5) is 5.69 Å². The predicted octanol–water partition coefficient (Wildman–Crippen LogP) is 3.02. The topological polar surface area (TPSA) is 124 Å². The van der Waals surface area contributed by atoms with Gasteiger partial charge in [-0.1, -0.05) is 17.7 Å². The Kier molecular flexibility index (Phi) is 6.11. The number of aromatic nitrogens is 2. The Morgan fingerprint density at radius 1 is 1.21 bits per heavy atom. The fourth-order valence-electron chi connectivity index (χ4n) is 3.08. The molecule has 1 aliphatic rings. The van der Waals surface area contributed by atoms with Crippen molar-refractivity contribution in [3.63, 3.8) is 0 Å². The SMILES string of the molecule is Cc1ccc([N+](=O)[O-])cc1S(=O)(=O)NC1CCC(Oc2ncc(Cl)cn2)CC1. The minimum atomic E-state index is -3.86. The van der Waals surface area contributed by atoms with Gasteiger partial charge in [-0.3, -0.25) is 10.1 Å². The Labute approximate surface area is 167 Å². The third-order valence-corrected chi connectivity index (χ3v) is 6.39. The van der Waals surface area contributed by atoms with Gasteiger partial charge in [-0.25, -0.2) is 23.1 Å². The summed E-state index contributed by atoms with van der Waals surface area (Å²) < 4.78 is 33.8. The first kappa shape index (κ1) is 20.4. The summed E-state index contributed by atoms with van der Waals surface area (Å²) in [6.07, 6.45) is 5.20. The standard InChI is InChI=1S/C17H19ClN4O5S/c1-11-2-5-14(22(23)24)8-16(11)28(25,26)21-13-3-6-15(7-4-13)27-17-19-9-12(18)10-20-17/h2,5,8-10,13,15,21H,3-4,6-7H2,1H3. The maximum atomic E-state index is 12.7. The van der Waals surface area contributed by atoms with Crippen LogP contribution in [0.2, 0.25) is 5.02 Å². The van der Waals surface area contributed by atoms with Crippen LogP contribution < -0.4 is 9.46 Å². The predicted molar refractivity (Wildman–Crippen MR) is 102 cm³/mol. The number of ether oxygens (including phenoxy) is 1. The molecule has 0 amide bonds. The van der Waals surface area contributed by atoms with E-state index >= 15 is 0 Å². The molecule has 3 rings (SSSR count). The van der Waals surface area contributed by atoms with Gasteiger partial charge in [0.1, 0.15) is 6.10 Å². The lowest BCUT2D eigenvalue weighted by Crippen LogP contribution is -2.40. The van der Waals surface area contributed by atoms with Crippen molar-refractivity contribution < 1.29 is 18.1 Å². The van der Waals surface area contributed by atoms with Gasteiger partial charge < -0.3 is 4.74 Å². The molecular formula is C17H19ClN4O5S. The van der Waals surface area contributed by atoms with Gasteiger partial charge in [-0.05, 0) is 38.2 Å². The zero-order chi connectivity index (χ0) is 20.3. The summed E-state index contributed by atoms with van der Waals surface area (Å²) in [7, 11) is -3.86. The summed E-state index contributed by atoms with van der Waals surface area (Å²) in [5.74, 6) is 0. The summed E-state index contributed by atoms with van der Waals surface area (Å²) in [6.45, 7) is 1.61. The molecule has 28 heavy (non-hydrogen) atoms. The van der Waals surface area contributed by atoms with Gasteiger partial charge in [0, 0.05) is 18.2 Å². The highest BCUT2D eigenvalue weighted by molar-refractivity contribution is 7.89. The number of nitro groups is 1. The van der Waals surface area contributed by atoms with Gasteiger partial charge in [-0.15, -0.1) is 0 Å². The second-order valence-corrected chi connectivity index (χ2v) is 8.72. The quantitative estimate of drug-likeness (QED) is 0.555. The lowest BCUT2D eigenvalue weighted by Gasteiger charge is -2.28. The van der Waals surface area contributed by atoms with E-state index in [2.05, 4.69) is 14.7 Å². The van der Waals surface area contributed by atoms with Gasteiger partial charge in [0.15, 0.2) is 0 Å². The Morgan fingerprint density at radius 3 is 2.46 bits per heavy atom. The Morgan fingerprint density at radius 2 is 1.86 bits per heavy atom. The smallest absolute Gasteiger partial charge is 0.316 e. The molecule has 1 aromatic heterocycles. The lowest BCUT2D eigenvalue weighted by molar-refractivity contribution is -0.385. The largest absolute Gasteiger partial charge is 0.460 e. The summed E-state index contributed by atoms with van der Waals surface area (Å²) in [5, 5.41) is 11.4. The summed E-state index contributed by atoms with van der Waals surface area (Å²) in [5.41, 5.74) is 0.195. The molecule has 0 bridgehead atoms. The zero-order valence-electron chi connectivity index (χ0n) is 15.0. The van der Waals surface area contributed by atoms with E-state index in [-0.39, 0.29) is 28.7 Å². The fourth-order valence-corrected chi connectivity index (χ4v) is 4.75. The number of nitrogens with one attached hydrogen (secondary N) is 1. The number of benzene rings is 1. The molecule has 11 heteroatoms. The number of nitrogens with zero attached hydrogens (tertiary/aromatic N) is 3. The third kappa shape index (κ3) is 4.94. The van der Waals surface area contributed by atoms with Gasteiger partial charge in [-0.2, -0.15) is 0 Å². The van der Waals surface area contributed by atoms with Crippen LogP contribution >= 0.6 is 11.6 Å². The number of non-ortho nitro benzene ring substituents is 1. The minimum absolute atomic E-state index is 0.0744. The molecule has 0 spiro atoms. The maximum Gasteiger partial charge on any atom is 0.316 e. The number of halogens is 1. The first-order valence-electron chi connectivity index (χ1n) is 8.66. The summed E-state index contributed by atoms with van der Waals surface area (Å²) in [6, 6.07) is 3.78. The van der Waals surface area contributed by atoms with Crippen LogP contribution in [0.15, 0.2) is 35.5 Å². The zero-order valence-corrected chi connectivity index (χ0v) is 16.6. The number of nitro benzene ring substituents is 1. The van der Waals surface area contributed by atoms with E-state index in [0.717, 1.165) is 6.07 Å². The number of rotatable bonds is 6. The van der Waals surface area contributed by atoms with Crippen molar-refractivity contribution in [2.45, 2.75) is 49.6 Å². The second kappa shape index (κ2) is 8.38. The van der Waals surface area contributed by atoms with Gasteiger partial charge in [0.2, 0.25) is 10.0 Å². The average Bonchev–Trinajstić information content (AvgIpc) is 2.65. The molecule has 1 heterocycles. The molecule has 1 saturated carbocycles. The second-order valence-electron chi connectivity index (χ2n) is 6.60. The number of hydrogen-bond donors (Lipinski definition) is 1. The van der Waals surface area contributed by atoms with Crippen LogP contribution in [-0.2, 0) is 10.0 Å². The molecule has 0 radical (unpaired) electrons. The molecule has 9 nitrogen and oxygen atoms in total. The highest BCUT2D eigenvalue weighted by Gasteiger charge is 2.28. The van der Waals surface area contributed by atoms with E-state index in [9.17, 15) is 18.5 Å². The van der Waals surface area contributed by atoms with Crippen molar-refractivity contribution in [1.29, 1.82) is 0 Å². The molecule has 1 aromatic carbocycles. The number of sulfonamides is 1. The molecule has 1 N–H and O–H groups in total. The maximum absolute atomic E-state index is 12.7. The summed E-state index contributed by atoms with van der Waals surface area (Å²) in [4.78, 5) is 18.2. The van der Waals surface area contributed by atoms with Gasteiger partial charge >= 0.3 is 6.01 Å². The van der Waals surface area contributed by atoms with E-state index in [1.807, 2.05) is 0 Å².